The van der Waals surface area contributed by atoms with Gasteiger partial charge in [-0.3, -0.25) is 0 Å². The number of likely N-dealkylation sites (N-methyl/N-ethyl adjacent to an activating group) is 1. The Kier molecular flexibility index (Phi) is 38.8. The predicted octanol–water partition coefficient (Wildman–Crippen LogP) is 2.13. The average molecular weight is 240 g/mol. The molecule has 0 radical (unpaired) electrons. The quantitative estimate of drug-likeness (QED) is 0.606. The highest BCUT2D eigenvalue weighted by molar-refractivity contribution is 4.40. The van der Waals surface area contributed by atoms with Crippen LogP contribution in [0.3, 0.4) is 0 Å². The molecule has 0 amide bonds. The highest BCUT2D eigenvalue weighted by Gasteiger charge is 1.88. The Balaban J connectivity index is -0.0000000849. The molecule has 0 bridgehead atoms. The van der Waals surface area contributed by atoms with E-state index in [2.05, 4.69) is 12.2 Å². The molecule has 0 unspecified atom stereocenters. The summed E-state index contributed by atoms with van der Waals surface area (Å²) in [5.41, 5.74) is 5.23. The maximum absolute atomic E-state index is 5.25. The Morgan fingerprint density at radius 2 is 1.44 bits per heavy atom. The van der Waals surface area contributed by atoms with Crippen molar-refractivity contribution in [3.63, 3.8) is 0 Å². The largest absolute Gasteiger partial charge is 0.378 e. The van der Waals surface area contributed by atoms with Crippen LogP contribution < -0.4 is 11.1 Å². The Morgan fingerprint density at radius 3 is 1.88 bits per heavy atom. The number of hydrogen-bond donors (Lipinski definition) is 2. The van der Waals surface area contributed by atoms with Crippen LogP contribution in [0.25, 0.3) is 0 Å². The highest BCUT2D eigenvalue weighted by atomic mass is 16.5. The van der Waals surface area contributed by atoms with Crippen LogP contribution in [0.2, 0.25) is 0 Å². The van der Waals surface area contributed by atoms with Crippen molar-refractivity contribution in [1.82, 2.24) is 5.32 Å². The summed E-state index contributed by atoms with van der Waals surface area (Å²) in [5.74, 6) is 0. The zero-order valence-corrected chi connectivity index (χ0v) is 11.8. The standard InChI is InChI=1S/C8H20N2O2.2C2H6.2H2/c1-2-10-4-6-12-8-7-11-5-3-9;2*1-2;;/h10H,2-9H2,1H3;2*1-2H3;2*1H. The van der Waals surface area contributed by atoms with Crippen molar-refractivity contribution >= 4 is 0 Å². The van der Waals surface area contributed by atoms with E-state index in [-0.39, 0.29) is 2.85 Å². The molecule has 0 fully saturated rings. The molecule has 0 rings (SSSR count). The van der Waals surface area contributed by atoms with Gasteiger partial charge in [-0.2, -0.15) is 0 Å². The molecule has 0 aromatic carbocycles. The summed E-state index contributed by atoms with van der Waals surface area (Å²) in [7, 11) is 0. The molecule has 4 heteroatoms. The van der Waals surface area contributed by atoms with Crippen LogP contribution >= 0.6 is 0 Å². The van der Waals surface area contributed by atoms with Crippen molar-refractivity contribution in [3.8, 4) is 0 Å². The van der Waals surface area contributed by atoms with Gasteiger partial charge >= 0.3 is 0 Å². The van der Waals surface area contributed by atoms with Crippen molar-refractivity contribution in [2.45, 2.75) is 34.6 Å². The van der Waals surface area contributed by atoms with Crippen LogP contribution in [0.15, 0.2) is 0 Å². The molecule has 16 heavy (non-hydrogen) atoms. The first-order valence-electron chi connectivity index (χ1n) is 6.48. The van der Waals surface area contributed by atoms with E-state index in [4.69, 9.17) is 15.2 Å². The molecular weight excluding hydrogens is 204 g/mol. The van der Waals surface area contributed by atoms with E-state index >= 15 is 0 Å². The Hall–Kier alpha value is -0.160. The lowest BCUT2D eigenvalue weighted by molar-refractivity contribution is 0.0520. The van der Waals surface area contributed by atoms with Crippen molar-refractivity contribution < 1.29 is 12.3 Å². The van der Waals surface area contributed by atoms with Gasteiger partial charge in [0, 0.05) is 15.9 Å². The van der Waals surface area contributed by atoms with Crippen molar-refractivity contribution in [2.75, 3.05) is 46.1 Å². The predicted molar refractivity (Wildman–Crippen MR) is 76.2 cm³/mol. The third-order valence-corrected chi connectivity index (χ3v) is 1.31. The van der Waals surface area contributed by atoms with Gasteiger partial charge in [-0.05, 0) is 6.54 Å². The molecule has 3 N–H and O–H groups in total. The highest BCUT2D eigenvalue weighted by Crippen LogP contribution is 1.76. The number of nitrogens with one attached hydrogen (secondary N) is 1. The van der Waals surface area contributed by atoms with Gasteiger partial charge in [-0.25, -0.2) is 0 Å². The van der Waals surface area contributed by atoms with E-state index in [9.17, 15) is 0 Å². The molecule has 0 spiro atoms. The first-order valence-corrected chi connectivity index (χ1v) is 6.48. The van der Waals surface area contributed by atoms with E-state index in [1.807, 2.05) is 27.7 Å². The van der Waals surface area contributed by atoms with Crippen LogP contribution in [-0.4, -0.2) is 46.1 Å². The lowest BCUT2D eigenvalue weighted by Gasteiger charge is -2.04. The molecule has 0 saturated carbocycles. The van der Waals surface area contributed by atoms with Crippen molar-refractivity contribution in [1.29, 1.82) is 0 Å². The van der Waals surface area contributed by atoms with Gasteiger partial charge in [-0.1, -0.05) is 34.6 Å². The molecule has 4 nitrogen and oxygen atoms in total. The normalized spacial score (nSPS) is 8.62. The van der Waals surface area contributed by atoms with Gasteiger partial charge < -0.3 is 20.5 Å². The molecule has 106 valence electrons. The first kappa shape index (κ1) is 21.2. The molecule has 0 saturated heterocycles. The van der Waals surface area contributed by atoms with E-state index in [1.54, 1.807) is 0 Å². The van der Waals surface area contributed by atoms with Gasteiger partial charge in [0.15, 0.2) is 0 Å². The molecule has 0 aromatic heterocycles. The lowest BCUT2D eigenvalue weighted by atomic mass is 10.6. The van der Waals surface area contributed by atoms with Gasteiger partial charge in [0.1, 0.15) is 0 Å². The molecule has 0 aliphatic heterocycles. The minimum atomic E-state index is 0. The summed E-state index contributed by atoms with van der Waals surface area (Å²) in [4.78, 5) is 0. The zero-order chi connectivity index (χ0) is 13.1. The smallest absolute Gasteiger partial charge is 0.0701 e. The third-order valence-electron chi connectivity index (χ3n) is 1.31. The first-order chi connectivity index (χ1) is 7.91. The fourth-order valence-electron chi connectivity index (χ4n) is 0.726. The minimum absolute atomic E-state index is 0. The van der Waals surface area contributed by atoms with Crippen molar-refractivity contribution in [3.05, 3.63) is 0 Å². The topological polar surface area (TPSA) is 56.5 Å². The average Bonchev–Trinajstić information content (AvgIpc) is 2.38. The second kappa shape index (κ2) is 29.4. The fraction of sp³-hybridized carbons (Fsp3) is 1.00. The Bertz CT molecular complexity index is 82.5. The monoisotopic (exact) mass is 240 g/mol. The summed E-state index contributed by atoms with van der Waals surface area (Å²) in [6, 6.07) is 0. The summed E-state index contributed by atoms with van der Waals surface area (Å²) < 4.78 is 10.4. The zero-order valence-electron chi connectivity index (χ0n) is 11.8. The second-order valence-electron chi connectivity index (χ2n) is 2.37. The van der Waals surface area contributed by atoms with Crippen LogP contribution in [0.4, 0.5) is 0 Å². The molecule has 0 atom stereocenters. The Morgan fingerprint density at radius 1 is 0.938 bits per heavy atom. The van der Waals surface area contributed by atoms with Crippen LogP contribution in [-0.2, 0) is 9.47 Å². The number of rotatable bonds is 9. The maximum Gasteiger partial charge on any atom is 0.0701 e. The molecule has 0 heterocycles. The van der Waals surface area contributed by atoms with Gasteiger partial charge in [0.2, 0.25) is 0 Å². The van der Waals surface area contributed by atoms with E-state index in [0.717, 1.165) is 19.7 Å². The summed E-state index contributed by atoms with van der Waals surface area (Å²) in [5, 5.41) is 3.16. The number of hydrogen-bond acceptors (Lipinski definition) is 4. The van der Waals surface area contributed by atoms with Gasteiger partial charge in [-0.15, -0.1) is 0 Å². The fourth-order valence-corrected chi connectivity index (χ4v) is 0.726. The molecule has 0 aliphatic carbocycles. The molecule has 0 aromatic rings. The Labute approximate surface area is 105 Å². The second-order valence-corrected chi connectivity index (χ2v) is 2.37. The van der Waals surface area contributed by atoms with E-state index in [0.29, 0.717) is 26.4 Å². The van der Waals surface area contributed by atoms with E-state index in [1.165, 1.54) is 0 Å². The van der Waals surface area contributed by atoms with Crippen molar-refractivity contribution in [2.24, 2.45) is 5.73 Å². The summed E-state index contributed by atoms with van der Waals surface area (Å²) in [6.07, 6.45) is 0. The molecular formula is C12H36N2O2. The SMILES string of the molecule is CC.CC.CCNCCOCCOCCN.[HH].[HH]. The number of ether oxygens (including phenoxy) is 2. The van der Waals surface area contributed by atoms with Crippen LogP contribution in [0.1, 0.15) is 37.5 Å². The van der Waals surface area contributed by atoms with Gasteiger partial charge in [0.05, 0.1) is 26.4 Å². The lowest BCUT2D eigenvalue weighted by Crippen LogP contribution is -2.20. The van der Waals surface area contributed by atoms with Crippen LogP contribution in [0, 0.1) is 0 Å². The van der Waals surface area contributed by atoms with Gasteiger partial charge in [0.25, 0.3) is 0 Å². The summed E-state index contributed by atoms with van der Waals surface area (Å²) >= 11 is 0. The molecule has 0 aliphatic rings. The number of nitrogens with two attached hydrogens (primary N) is 1. The van der Waals surface area contributed by atoms with E-state index < -0.39 is 0 Å². The summed E-state index contributed by atoms with van der Waals surface area (Å²) in [6.45, 7) is 15.2. The third kappa shape index (κ3) is 29.2. The maximum atomic E-state index is 5.25. The van der Waals surface area contributed by atoms with Crippen LogP contribution in [0.5, 0.6) is 0 Å². The minimum Gasteiger partial charge on any atom is -0.378 e.